The Balaban J connectivity index is 1.81. The van der Waals surface area contributed by atoms with E-state index in [0.29, 0.717) is 12.4 Å². The summed E-state index contributed by atoms with van der Waals surface area (Å²) in [6.07, 6.45) is 3.65. The van der Waals surface area contributed by atoms with Gasteiger partial charge in [-0.15, -0.1) is 0 Å². The van der Waals surface area contributed by atoms with E-state index in [1.165, 1.54) is 0 Å². The van der Waals surface area contributed by atoms with Gasteiger partial charge in [-0.3, -0.25) is 4.79 Å². The summed E-state index contributed by atoms with van der Waals surface area (Å²) in [5, 5.41) is 2.89. The second-order valence-corrected chi connectivity index (χ2v) is 5.08. The van der Waals surface area contributed by atoms with Gasteiger partial charge >= 0.3 is 0 Å². The standard InChI is InChI=1S/C13H21N3O2/c1-8-9(2)18-12(16-8)7-15-13(17)10-3-5-11(14)6-4-10/h10-11H,3-7,14H2,1-2H3,(H,15,17). The van der Waals surface area contributed by atoms with Crippen LogP contribution < -0.4 is 11.1 Å². The number of hydrogen-bond acceptors (Lipinski definition) is 4. The molecule has 1 amide bonds. The molecular weight excluding hydrogens is 230 g/mol. The number of carbonyl (C=O) groups excluding carboxylic acids is 1. The van der Waals surface area contributed by atoms with E-state index >= 15 is 0 Å². The maximum Gasteiger partial charge on any atom is 0.223 e. The zero-order valence-corrected chi connectivity index (χ0v) is 11.0. The van der Waals surface area contributed by atoms with E-state index in [1.807, 2.05) is 13.8 Å². The van der Waals surface area contributed by atoms with Crippen LogP contribution in [-0.4, -0.2) is 16.9 Å². The van der Waals surface area contributed by atoms with Crippen molar-refractivity contribution < 1.29 is 9.21 Å². The van der Waals surface area contributed by atoms with Crippen LogP contribution in [-0.2, 0) is 11.3 Å². The smallest absolute Gasteiger partial charge is 0.223 e. The monoisotopic (exact) mass is 251 g/mol. The number of hydrogen-bond donors (Lipinski definition) is 2. The lowest BCUT2D eigenvalue weighted by atomic mass is 9.86. The molecule has 1 aromatic heterocycles. The molecule has 5 heteroatoms. The van der Waals surface area contributed by atoms with Gasteiger partial charge in [-0.1, -0.05) is 0 Å². The van der Waals surface area contributed by atoms with Crippen molar-refractivity contribution in [1.82, 2.24) is 10.3 Å². The molecule has 0 bridgehead atoms. The van der Waals surface area contributed by atoms with Crippen LogP contribution in [0.3, 0.4) is 0 Å². The quantitative estimate of drug-likeness (QED) is 0.851. The highest BCUT2D eigenvalue weighted by Gasteiger charge is 2.24. The highest BCUT2D eigenvalue weighted by molar-refractivity contribution is 5.78. The van der Waals surface area contributed by atoms with Crippen LogP contribution in [0.5, 0.6) is 0 Å². The molecule has 1 aliphatic carbocycles. The summed E-state index contributed by atoms with van der Waals surface area (Å²) in [6, 6.07) is 0.270. The zero-order chi connectivity index (χ0) is 13.1. The summed E-state index contributed by atoms with van der Waals surface area (Å²) < 4.78 is 5.42. The molecule has 1 heterocycles. The fourth-order valence-electron chi connectivity index (χ4n) is 2.30. The Morgan fingerprint density at radius 3 is 2.61 bits per heavy atom. The predicted molar refractivity (Wildman–Crippen MR) is 67.8 cm³/mol. The van der Waals surface area contributed by atoms with Crippen molar-refractivity contribution in [3.05, 3.63) is 17.3 Å². The molecule has 1 aromatic rings. The molecule has 1 fully saturated rings. The molecular formula is C13H21N3O2. The van der Waals surface area contributed by atoms with Crippen LogP contribution in [0.1, 0.15) is 43.0 Å². The first-order valence-corrected chi connectivity index (χ1v) is 6.52. The van der Waals surface area contributed by atoms with E-state index in [9.17, 15) is 4.79 Å². The topological polar surface area (TPSA) is 81.2 Å². The number of aromatic nitrogens is 1. The fourth-order valence-corrected chi connectivity index (χ4v) is 2.30. The molecule has 0 unspecified atom stereocenters. The maximum atomic E-state index is 11.9. The lowest BCUT2D eigenvalue weighted by Gasteiger charge is -2.24. The molecule has 0 atom stereocenters. The number of nitrogens with one attached hydrogen (secondary N) is 1. The molecule has 2 rings (SSSR count). The highest BCUT2D eigenvalue weighted by Crippen LogP contribution is 2.23. The minimum absolute atomic E-state index is 0.0930. The zero-order valence-electron chi connectivity index (χ0n) is 11.0. The average Bonchev–Trinajstić information content (AvgIpc) is 2.67. The lowest BCUT2D eigenvalue weighted by Crippen LogP contribution is -2.36. The summed E-state index contributed by atoms with van der Waals surface area (Å²) in [5.74, 6) is 1.58. The molecule has 0 spiro atoms. The van der Waals surface area contributed by atoms with Crippen LogP contribution >= 0.6 is 0 Å². The molecule has 0 aliphatic heterocycles. The number of aryl methyl sites for hydroxylation is 2. The SMILES string of the molecule is Cc1nc(CNC(=O)C2CCC(N)CC2)oc1C. The van der Waals surface area contributed by atoms with Crippen LogP contribution in [0, 0.1) is 19.8 Å². The van der Waals surface area contributed by atoms with Gasteiger partial charge in [0.05, 0.1) is 12.2 Å². The number of nitrogens with zero attached hydrogens (tertiary/aromatic N) is 1. The summed E-state index contributed by atoms with van der Waals surface area (Å²) in [7, 11) is 0. The van der Waals surface area contributed by atoms with Crippen molar-refractivity contribution in [2.24, 2.45) is 11.7 Å². The molecule has 100 valence electrons. The number of amides is 1. The first-order valence-electron chi connectivity index (χ1n) is 6.52. The van der Waals surface area contributed by atoms with Crippen molar-refractivity contribution in [1.29, 1.82) is 0 Å². The highest BCUT2D eigenvalue weighted by atomic mass is 16.4. The molecule has 18 heavy (non-hydrogen) atoms. The summed E-state index contributed by atoms with van der Waals surface area (Å²) >= 11 is 0. The third kappa shape index (κ3) is 3.10. The minimum atomic E-state index is 0.0930. The third-order valence-electron chi connectivity index (χ3n) is 3.63. The molecule has 3 N–H and O–H groups in total. The van der Waals surface area contributed by atoms with Gasteiger partial charge in [0.2, 0.25) is 11.8 Å². The van der Waals surface area contributed by atoms with E-state index in [0.717, 1.165) is 37.1 Å². The van der Waals surface area contributed by atoms with Gasteiger partial charge in [-0.05, 0) is 39.5 Å². The Bertz CT molecular complexity index is 400. The number of carbonyl (C=O) groups is 1. The van der Waals surface area contributed by atoms with Crippen LogP contribution in [0.4, 0.5) is 0 Å². The van der Waals surface area contributed by atoms with Gasteiger partial charge in [0.25, 0.3) is 0 Å². The molecule has 0 radical (unpaired) electrons. The van der Waals surface area contributed by atoms with Crippen molar-refractivity contribution in [3.63, 3.8) is 0 Å². The van der Waals surface area contributed by atoms with E-state index in [2.05, 4.69) is 10.3 Å². The van der Waals surface area contributed by atoms with Gasteiger partial charge in [0.15, 0.2) is 0 Å². The molecule has 0 saturated heterocycles. The van der Waals surface area contributed by atoms with Gasteiger partial charge < -0.3 is 15.5 Å². The number of oxazole rings is 1. The number of nitrogens with two attached hydrogens (primary N) is 1. The number of rotatable bonds is 3. The Morgan fingerprint density at radius 2 is 2.06 bits per heavy atom. The van der Waals surface area contributed by atoms with E-state index in [4.69, 9.17) is 10.2 Å². The van der Waals surface area contributed by atoms with Crippen LogP contribution in [0.25, 0.3) is 0 Å². The minimum Gasteiger partial charge on any atom is -0.444 e. The third-order valence-corrected chi connectivity index (χ3v) is 3.63. The van der Waals surface area contributed by atoms with Crippen molar-refractivity contribution in [2.75, 3.05) is 0 Å². The fraction of sp³-hybridized carbons (Fsp3) is 0.692. The summed E-state index contributed by atoms with van der Waals surface area (Å²) in [4.78, 5) is 16.2. The van der Waals surface area contributed by atoms with Gasteiger partial charge in [-0.2, -0.15) is 0 Å². The maximum absolute atomic E-state index is 11.9. The first kappa shape index (κ1) is 13.1. The van der Waals surface area contributed by atoms with Crippen molar-refractivity contribution >= 4 is 5.91 Å². The Labute approximate surface area is 107 Å². The van der Waals surface area contributed by atoms with E-state index in [-0.39, 0.29) is 17.9 Å². The van der Waals surface area contributed by atoms with Crippen LogP contribution in [0.15, 0.2) is 4.42 Å². The molecule has 0 aromatic carbocycles. The Morgan fingerprint density at radius 1 is 1.39 bits per heavy atom. The normalized spacial score (nSPS) is 23.9. The van der Waals surface area contributed by atoms with Crippen LogP contribution in [0.2, 0.25) is 0 Å². The summed E-state index contributed by atoms with van der Waals surface area (Å²) in [6.45, 7) is 4.14. The Hall–Kier alpha value is -1.36. The molecule has 1 saturated carbocycles. The average molecular weight is 251 g/mol. The molecule has 1 aliphatic rings. The van der Waals surface area contributed by atoms with Crippen molar-refractivity contribution in [3.8, 4) is 0 Å². The van der Waals surface area contributed by atoms with E-state index < -0.39 is 0 Å². The first-order chi connectivity index (χ1) is 8.56. The molecule has 5 nitrogen and oxygen atoms in total. The van der Waals surface area contributed by atoms with Crippen molar-refractivity contribution in [2.45, 2.75) is 52.1 Å². The van der Waals surface area contributed by atoms with Gasteiger partial charge in [0, 0.05) is 12.0 Å². The van der Waals surface area contributed by atoms with E-state index in [1.54, 1.807) is 0 Å². The second-order valence-electron chi connectivity index (χ2n) is 5.08. The predicted octanol–water partition coefficient (Wildman–Crippen LogP) is 1.43. The summed E-state index contributed by atoms with van der Waals surface area (Å²) in [5.41, 5.74) is 6.70. The largest absolute Gasteiger partial charge is 0.444 e. The Kier molecular flexibility index (Phi) is 4.01. The van der Waals surface area contributed by atoms with Gasteiger partial charge in [0.1, 0.15) is 5.76 Å². The van der Waals surface area contributed by atoms with Gasteiger partial charge in [-0.25, -0.2) is 4.98 Å². The lowest BCUT2D eigenvalue weighted by molar-refractivity contribution is -0.126. The second kappa shape index (κ2) is 5.52.